The molecule has 1 N–H and O–H groups in total. The van der Waals surface area contributed by atoms with Crippen molar-refractivity contribution in [1.82, 2.24) is 4.98 Å². The third kappa shape index (κ3) is 4.28. The second kappa shape index (κ2) is 8.57. The summed E-state index contributed by atoms with van der Waals surface area (Å²) in [5, 5.41) is 8.93. The lowest BCUT2D eigenvalue weighted by molar-refractivity contribution is 0.0983. The van der Waals surface area contributed by atoms with E-state index in [0.29, 0.717) is 35.1 Å². The molecule has 0 aliphatic heterocycles. The van der Waals surface area contributed by atoms with Gasteiger partial charge in [0.1, 0.15) is 17.2 Å². The fourth-order valence-electron chi connectivity index (χ4n) is 3.37. The molecule has 1 heterocycles. The number of aromatic amines is 1. The molecule has 1 atom stereocenters. The molecule has 6 nitrogen and oxygen atoms in total. The highest BCUT2D eigenvalue weighted by Gasteiger charge is 2.36. The van der Waals surface area contributed by atoms with Crippen LogP contribution in [0.2, 0.25) is 0 Å². The summed E-state index contributed by atoms with van der Waals surface area (Å²) in [7, 11) is 0. The van der Waals surface area contributed by atoms with E-state index in [-0.39, 0.29) is 22.2 Å². The van der Waals surface area contributed by atoms with Crippen LogP contribution in [0.25, 0.3) is 0 Å². The number of halogens is 2. The molecule has 1 aromatic heterocycles. The van der Waals surface area contributed by atoms with E-state index in [4.69, 9.17) is 5.26 Å². The highest BCUT2D eigenvalue weighted by Crippen LogP contribution is 2.34. The first-order valence-corrected chi connectivity index (χ1v) is 10.9. The van der Waals surface area contributed by atoms with Crippen molar-refractivity contribution < 1.29 is 18.1 Å². The lowest BCUT2D eigenvalue weighted by atomic mass is 10.2. The maximum atomic E-state index is 13.8. The summed E-state index contributed by atoms with van der Waals surface area (Å²) in [5.41, 5.74) is -0.212. The van der Waals surface area contributed by atoms with Crippen LogP contribution in [-0.2, 0) is 11.2 Å². The van der Waals surface area contributed by atoms with Crippen LogP contribution in [-0.4, -0.2) is 21.5 Å². The van der Waals surface area contributed by atoms with Crippen molar-refractivity contribution >= 4 is 22.8 Å². The van der Waals surface area contributed by atoms with E-state index in [1.165, 1.54) is 35.2 Å². The molecule has 162 valence electrons. The third-order valence-corrected chi connectivity index (χ3v) is 6.60. The van der Waals surface area contributed by atoms with Gasteiger partial charge in [0.2, 0.25) is 0 Å². The monoisotopic (exact) mass is 453 g/mol. The molecule has 3 aromatic rings. The minimum absolute atomic E-state index is 0.0183. The summed E-state index contributed by atoms with van der Waals surface area (Å²) in [4.78, 5) is 30.3. The summed E-state index contributed by atoms with van der Waals surface area (Å²) >= 11 is -1.73. The van der Waals surface area contributed by atoms with Crippen molar-refractivity contribution in [3.05, 3.63) is 87.3 Å². The fraction of sp³-hybridized carbons (Fsp3) is 0.174. The zero-order valence-corrected chi connectivity index (χ0v) is 17.7. The Morgan fingerprint density at radius 1 is 1.16 bits per heavy atom. The number of hydrogen-bond acceptors (Lipinski definition) is 4. The largest absolute Gasteiger partial charge is 0.606 e. The molecule has 9 heteroatoms. The molecule has 1 fully saturated rings. The second-order valence-corrected chi connectivity index (χ2v) is 8.89. The predicted octanol–water partition coefficient (Wildman–Crippen LogP) is 3.81. The first-order chi connectivity index (χ1) is 15.3. The number of nitrogens with zero attached hydrogens (tertiary/aromatic N) is 2. The van der Waals surface area contributed by atoms with Gasteiger partial charge in [-0.15, -0.1) is 0 Å². The van der Waals surface area contributed by atoms with Crippen LogP contribution in [0.15, 0.2) is 63.1 Å². The normalized spacial score (nSPS) is 14.0. The van der Waals surface area contributed by atoms with Gasteiger partial charge in [0.25, 0.3) is 11.5 Å². The maximum Gasteiger partial charge on any atom is 0.264 e. The zero-order valence-electron chi connectivity index (χ0n) is 16.9. The highest BCUT2D eigenvalue weighted by atomic mass is 32.2. The van der Waals surface area contributed by atoms with Crippen molar-refractivity contribution in [3.8, 4) is 6.07 Å². The first-order valence-electron chi connectivity index (χ1n) is 9.74. The average molecular weight is 453 g/mol. The lowest BCUT2D eigenvalue weighted by Gasteiger charge is -2.23. The third-order valence-electron chi connectivity index (χ3n) is 5.07. The first kappa shape index (κ1) is 21.7. The molecular weight excluding hydrogens is 436 g/mol. The molecule has 1 saturated carbocycles. The van der Waals surface area contributed by atoms with Gasteiger partial charge in [0.15, 0.2) is 9.79 Å². The Kier molecular flexibility index (Phi) is 5.82. The molecule has 4 rings (SSSR count). The van der Waals surface area contributed by atoms with Crippen molar-refractivity contribution in [1.29, 1.82) is 5.26 Å². The van der Waals surface area contributed by atoms with Gasteiger partial charge in [-0.05, 0) is 56.2 Å². The van der Waals surface area contributed by atoms with Gasteiger partial charge in [0, 0.05) is 29.4 Å². The number of nitrogens with one attached hydrogen (secondary N) is 1. The van der Waals surface area contributed by atoms with Gasteiger partial charge >= 0.3 is 0 Å². The summed E-state index contributed by atoms with van der Waals surface area (Å²) in [6, 6.07) is 11.9. The number of aryl methyl sites for hydroxylation is 1. The summed E-state index contributed by atoms with van der Waals surface area (Å²) in [5.74, 6) is -2.39. The van der Waals surface area contributed by atoms with Crippen LogP contribution in [0.4, 0.5) is 14.5 Å². The second-order valence-electron chi connectivity index (χ2n) is 7.44. The minimum atomic E-state index is -1.73. The number of nitriles is 1. The van der Waals surface area contributed by atoms with Crippen LogP contribution in [0, 0.1) is 29.9 Å². The van der Waals surface area contributed by atoms with Crippen molar-refractivity contribution in [3.63, 3.8) is 0 Å². The number of hydrogen-bond donors (Lipinski definition) is 1. The Hall–Kier alpha value is -3.48. The molecular formula is C23H17F2N3O3S. The quantitative estimate of drug-likeness (QED) is 0.594. The number of carbonyl (C=O) groups excluding carboxylic acids is 1. The number of rotatable bonds is 5. The predicted molar refractivity (Wildman–Crippen MR) is 114 cm³/mol. The minimum Gasteiger partial charge on any atom is -0.606 e. The summed E-state index contributed by atoms with van der Waals surface area (Å²) in [6.45, 7) is 1.56. The van der Waals surface area contributed by atoms with E-state index >= 15 is 0 Å². The molecule has 1 amide bonds. The molecule has 2 aromatic carbocycles. The van der Waals surface area contributed by atoms with Gasteiger partial charge in [0.05, 0.1) is 23.0 Å². The number of amides is 1. The molecule has 0 bridgehead atoms. The Balaban J connectivity index is 1.75. The van der Waals surface area contributed by atoms with Gasteiger partial charge in [-0.25, -0.2) is 8.78 Å². The number of H-pyrrole nitrogens is 1. The van der Waals surface area contributed by atoms with E-state index < -0.39 is 34.3 Å². The number of pyridine rings is 1. The lowest BCUT2D eigenvalue weighted by Crippen LogP contribution is -2.37. The van der Waals surface area contributed by atoms with Crippen LogP contribution < -0.4 is 10.5 Å². The van der Waals surface area contributed by atoms with Gasteiger partial charge in [-0.2, -0.15) is 5.26 Å². The molecule has 0 saturated heterocycles. The molecule has 32 heavy (non-hydrogen) atoms. The molecule has 1 unspecified atom stereocenters. The molecule has 1 aliphatic rings. The molecule has 1 aliphatic carbocycles. The number of benzene rings is 2. The van der Waals surface area contributed by atoms with Crippen LogP contribution in [0.1, 0.15) is 34.5 Å². The van der Waals surface area contributed by atoms with Crippen LogP contribution in [0.3, 0.4) is 0 Å². The SMILES string of the molecule is Cc1[nH]c(=O)c(C(=O)N(c2cc(F)cc(F)c2)C2CC2)cc1[S+]([O-])c1ccc(C#N)cc1. The Bertz CT molecular complexity index is 1280. The maximum absolute atomic E-state index is 13.8. The van der Waals surface area contributed by atoms with Gasteiger partial charge < -0.3 is 14.4 Å². The van der Waals surface area contributed by atoms with Crippen molar-refractivity contribution in [2.75, 3.05) is 4.90 Å². The average Bonchev–Trinajstić information content (AvgIpc) is 3.58. The van der Waals surface area contributed by atoms with Crippen LogP contribution in [0.5, 0.6) is 0 Å². The molecule has 0 radical (unpaired) electrons. The number of anilines is 1. The zero-order chi connectivity index (χ0) is 23.0. The van der Waals surface area contributed by atoms with Crippen LogP contribution >= 0.6 is 0 Å². The Morgan fingerprint density at radius 3 is 2.34 bits per heavy atom. The Morgan fingerprint density at radius 2 is 1.78 bits per heavy atom. The van der Waals surface area contributed by atoms with E-state index in [0.717, 1.165) is 12.1 Å². The fourth-order valence-corrected chi connectivity index (χ4v) is 4.56. The topological polar surface area (TPSA) is 100 Å². The van der Waals surface area contributed by atoms with E-state index in [1.807, 2.05) is 6.07 Å². The smallest absolute Gasteiger partial charge is 0.264 e. The van der Waals surface area contributed by atoms with Crippen molar-refractivity contribution in [2.24, 2.45) is 0 Å². The summed E-state index contributed by atoms with van der Waals surface area (Å²) in [6.07, 6.45) is 1.27. The van der Waals surface area contributed by atoms with E-state index in [2.05, 4.69) is 4.98 Å². The number of aromatic nitrogens is 1. The van der Waals surface area contributed by atoms with Gasteiger partial charge in [-0.1, -0.05) is 0 Å². The highest BCUT2D eigenvalue weighted by molar-refractivity contribution is 7.91. The summed E-state index contributed by atoms with van der Waals surface area (Å²) < 4.78 is 40.7. The number of carbonyl (C=O) groups is 1. The van der Waals surface area contributed by atoms with Gasteiger partial charge in [-0.3, -0.25) is 9.59 Å². The Labute approximate surface area is 185 Å². The van der Waals surface area contributed by atoms with E-state index in [9.17, 15) is 22.9 Å². The van der Waals surface area contributed by atoms with E-state index in [1.54, 1.807) is 6.92 Å². The molecule has 0 spiro atoms. The van der Waals surface area contributed by atoms with Crippen molar-refractivity contribution in [2.45, 2.75) is 35.6 Å². The standard InChI is InChI=1S/C23H17F2N3O3S/c1-13-21(32(31)19-6-2-14(12-26)3-7-19)11-20(22(29)27-13)23(30)28(17-4-5-17)18-9-15(24)8-16(25)10-18/h2-3,6-11,17H,4-5H2,1H3,(H,27,29).